The quantitative estimate of drug-likeness (QED) is 0.320. The van der Waals surface area contributed by atoms with E-state index in [1.807, 2.05) is 74.5 Å². The predicted octanol–water partition coefficient (Wildman–Crippen LogP) is 5.81. The van der Waals surface area contributed by atoms with E-state index in [1.54, 1.807) is 10.9 Å². The molecule has 3 N–H and O–H groups in total. The van der Waals surface area contributed by atoms with Crippen molar-refractivity contribution in [1.82, 2.24) is 15.1 Å². The fourth-order valence-electron chi connectivity index (χ4n) is 6.09. The van der Waals surface area contributed by atoms with Gasteiger partial charge in [0.1, 0.15) is 11.1 Å². The number of benzene rings is 2. The number of H-pyrrole nitrogens is 1. The van der Waals surface area contributed by atoms with Gasteiger partial charge >= 0.3 is 5.91 Å². The van der Waals surface area contributed by atoms with Crippen molar-refractivity contribution < 1.29 is 14.6 Å². The zero-order valence-corrected chi connectivity index (χ0v) is 23.7. The number of amides is 1. The fraction of sp³-hybridized carbons (Fsp3) is 0.212. The molecule has 1 aliphatic carbocycles. The summed E-state index contributed by atoms with van der Waals surface area (Å²) >= 11 is 7.08. The van der Waals surface area contributed by atoms with Crippen LogP contribution in [-0.4, -0.2) is 21.5 Å². The van der Waals surface area contributed by atoms with Crippen LogP contribution in [0, 0.1) is 19.8 Å². The number of ketones is 1. The smallest absolute Gasteiger partial charge is 0.317 e. The second-order valence-corrected chi connectivity index (χ2v) is 11.0. The lowest BCUT2D eigenvalue weighted by Gasteiger charge is -2.39. The van der Waals surface area contributed by atoms with Gasteiger partial charge in [-0.3, -0.25) is 4.79 Å². The lowest BCUT2D eigenvalue weighted by atomic mass is 9.68. The number of anilines is 1. The molecule has 7 nitrogen and oxygen atoms in total. The molecule has 4 aromatic rings. The molecule has 0 fully saturated rings. The van der Waals surface area contributed by atoms with Gasteiger partial charge in [0.2, 0.25) is 0 Å². The van der Waals surface area contributed by atoms with Gasteiger partial charge in [-0.25, -0.2) is 19.8 Å². The highest BCUT2D eigenvalue weighted by atomic mass is 35.5. The molecule has 8 heteroatoms. The number of allylic oxidation sites excluding steroid dienone is 2. The zero-order chi connectivity index (χ0) is 28.7. The highest BCUT2D eigenvalue weighted by Crippen LogP contribution is 2.49. The number of carbonyl (C=O) groups excluding carboxylic acids is 2. The molecule has 3 atom stereocenters. The van der Waals surface area contributed by atoms with Crippen molar-refractivity contribution in [3.63, 3.8) is 0 Å². The van der Waals surface area contributed by atoms with E-state index >= 15 is 0 Å². The van der Waals surface area contributed by atoms with Gasteiger partial charge in [-0.2, -0.15) is 5.10 Å². The van der Waals surface area contributed by atoms with E-state index in [1.165, 1.54) is 0 Å². The monoisotopic (exact) mass is 564 g/mol. The summed E-state index contributed by atoms with van der Waals surface area (Å²) in [5.41, 5.74) is 5.99. The molecule has 206 valence electrons. The maximum absolute atomic E-state index is 14.0. The Kier molecular flexibility index (Phi) is 7.05. The molecule has 0 saturated heterocycles. The topological polar surface area (TPSA) is 90.2 Å². The molecule has 3 heterocycles. The number of hydrogen-bond donors (Lipinski definition) is 2. The minimum absolute atomic E-state index is 0.00622. The first-order valence-corrected chi connectivity index (χ1v) is 14.1. The van der Waals surface area contributed by atoms with Gasteiger partial charge < -0.3 is 5.32 Å². The van der Waals surface area contributed by atoms with E-state index < -0.39 is 11.8 Å². The number of aromatic amines is 1. The average molecular weight is 565 g/mol. The fourth-order valence-corrected chi connectivity index (χ4v) is 6.48. The van der Waals surface area contributed by atoms with Gasteiger partial charge in [-0.15, -0.1) is 0 Å². The molecule has 1 amide bonds. The van der Waals surface area contributed by atoms with Gasteiger partial charge in [-0.1, -0.05) is 66.7 Å². The molecule has 41 heavy (non-hydrogen) atoms. The van der Waals surface area contributed by atoms with Crippen molar-refractivity contribution in [2.45, 2.75) is 38.5 Å². The Morgan fingerprint density at radius 2 is 1.76 bits per heavy atom. The number of rotatable bonds is 5. The lowest BCUT2D eigenvalue weighted by molar-refractivity contribution is -0.361. The first-order chi connectivity index (χ1) is 19.8. The number of Topliss-reactive ketones (excluding diaryl/α,β-unsaturated/α-hetero) is 1. The third-order valence-electron chi connectivity index (χ3n) is 8.06. The number of aryl methyl sites for hydroxylation is 2. The Bertz CT molecular complexity index is 1690. The molecule has 0 radical (unpaired) electrons. The molecule has 2 aromatic carbocycles. The number of para-hydroxylation sites is 1. The molecule has 0 spiro atoms. The number of carbonyl (C=O) groups is 2. The van der Waals surface area contributed by atoms with E-state index in [2.05, 4.69) is 34.3 Å². The average Bonchev–Trinajstić information content (AvgIpc) is 3.27. The van der Waals surface area contributed by atoms with Crippen LogP contribution in [0.4, 0.5) is 5.82 Å². The van der Waals surface area contributed by atoms with Crippen LogP contribution in [-0.2, 0) is 9.59 Å². The summed E-state index contributed by atoms with van der Waals surface area (Å²) in [5.74, 6) is -1.14. The van der Waals surface area contributed by atoms with Crippen LogP contribution >= 0.6 is 11.6 Å². The van der Waals surface area contributed by atoms with Crippen LogP contribution in [0.25, 0.3) is 5.69 Å². The number of aromatic nitrogens is 3. The Hall–Kier alpha value is -4.49. The summed E-state index contributed by atoms with van der Waals surface area (Å²) in [6.07, 6.45) is 2.73. The molecule has 0 bridgehead atoms. The largest absolute Gasteiger partial charge is 0.362 e. The molecule has 0 saturated carbocycles. The molecular weight excluding hydrogens is 534 g/mol. The van der Waals surface area contributed by atoms with Crippen molar-refractivity contribution in [2.24, 2.45) is 5.92 Å². The predicted molar refractivity (Wildman–Crippen MR) is 159 cm³/mol. The molecule has 3 unspecified atom stereocenters. The van der Waals surface area contributed by atoms with Crippen LogP contribution in [0.2, 0.25) is 5.15 Å². The van der Waals surface area contributed by atoms with E-state index in [0.29, 0.717) is 46.3 Å². The summed E-state index contributed by atoms with van der Waals surface area (Å²) in [7, 11) is 0. The summed E-state index contributed by atoms with van der Waals surface area (Å²) in [5, 5.41) is 11.5. The summed E-state index contributed by atoms with van der Waals surface area (Å²) in [6, 6.07) is 23.4. The lowest BCUT2D eigenvalue weighted by Crippen LogP contribution is -2.44. The van der Waals surface area contributed by atoms with Gasteiger partial charge in [0.25, 0.3) is 5.82 Å². The van der Waals surface area contributed by atoms with Crippen LogP contribution in [0.1, 0.15) is 47.1 Å². The maximum Gasteiger partial charge on any atom is 0.317 e. The molecular formula is C33H31ClN5O2+. The van der Waals surface area contributed by atoms with Crippen molar-refractivity contribution >= 4 is 29.1 Å². The number of nitrogens with zero attached hydrogens (tertiary/aromatic N) is 2. The van der Waals surface area contributed by atoms with Gasteiger partial charge in [0.05, 0.1) is 17.6 Å². The number of pyridine rings is 1. The van der Waals surface area contributed by atoms with Crippen LogP contribution < -0.4 is 15.6 Å². The Balaban J connectivity index is 1.49. The Labute approximate surface area is 244 Å². The third-order valence-corrected chi connectivity index (χ3v) is 8.43. The van der Waals surface area contributed by atoms with Crippen molar-refractivity contribution in [3.05, 3.63) is 130 Å². The van der Waals surface area contributed by atoms with Crippen molar-refractivity contribution in [3.8, 4) is 5.69 Å². The minimum atomic E-state index is -0.802. The second-order valence-electron chi connectivity index (χ2n) is 10.7. The summed E-state index contributed by atoms with van der Waals surface area (Å²) < 4.78 is 1.67. The minimum Gasteiger partial charge on any atom is -0.362 e. The number of nitrogens with one attached hydrogen (secondary N) is 3. The van der Waals surface area contributed by atoms with Crippen molar-refractivity contribution in [1.29, 1.82) is 0 Å². The van der Waals surface area contributed by atoms with Gasteiger partial charge in [0.15, 0.2) is 5.78 Å². The molecule has 2 aliphatic rings. The van der Waals surface area contributed by atoms with Gasteiger partial charge in [0, 0.05) is 40.4 Å². The first-order valence-electron chi connectivity index (χ1n) is 13.7. The maximum atomic E-state index is 14.0. The van der Waals surface area contributed by atoms with Gasteiger partial charge in [-0.05, 0) is 56.0 Å². The standard InChI is InChI=1S/C33H30ClN5O2/c1-19-11-10-16-35-32(19)37-33(41)28-20(2)36-25-17-23(22-12-6-4-7-13-22)18-26(40)29(25)30(28)27-21(3)38-39(31(27)34)24-14-8-5-9-15-24/h4-16,23,28,30,36H,2,17-18H2,1,3H3,(H,35,37,41)/p+1. The van der Waals surface area contributed by atoms with Crippen LogP contribution in [0.5, 0.6) is 0 Å². The zero-order valence-electron chi connectivity index (χ0n) is 22.9. The second kappa shape index (κ2) is 10.8. The normalized spacial score (nSPS) is 20.4. The molecule has 6 rings (SSSR count). The van der Waals surface area contributed by atoms with E-state index in [9.17, 15) is 9.59 Å². The molecule has 1 aliphatic heterocycles. The van der Waals surface area contributed by atoms with E-state index in [4.69, 9.17) is 16.7 Å². The highest BCUT2D eigenvalue weighted by molar-refractivity contribution is 6.31. The number of halogens is 1. The SMILES string of the molecule is C=C1NC2=C(C(=O)CC(c3ccccc3)C2)C(c2c(C)nn(-c3ccccc3)c2Cl)C1C(=O)Nc1[nH+]cccc1C. The third kappa shape index (κ3) is 4.87. The Morgan fingerprint density at radius 3 is 2.46 bits per heavy atom. The highest BCUT2D eigenvalue weighted by Gasteiger charge is 2.48. The summed E-state index contributed by atoms with van der Waals surface area (Å²) in [6.45, 7) is 8.08. The first kappa shape index (κ1) is 26.7. The molecule has 2 aromatic heterocycles. The summed E-state index contributed by atoms with van der Waals surface area (Å²) in [4.78, 5) is 31.2. The van der Waals surface area contributed by atoms with Crippen LogP contribution in [0.15, 0.2) is 103 Å². The van der Waals surface area contributed by atoms with E-state index in [-0.39, 0.29) is 17.6 Å². The van der Waals surface area contributed by atoms with E-state index in [0.717, 1.165) is 22.5 Å². The van der Waals surface area contributed by atoms with Crippen molar-refractivity contribution in [2.75, 3.05) is 5.32 Å². The Morgan fingerprint density at radius 1 is 1.05 bits per heavy atom. The van der Waals surface area contributed by atoms with Crippen LogP contribution in [0.3, 0.4) is 0 Å². The number of hydrogen-bond acceptors (Lipinski definition) is 4.